The third-order valence-electron chi connectivity index (χ3n) is 6.91. The van der Waals surface area contributed by atoms with E-state index in [9.17, 15) is 18.3 Å². The Kier molecular flexibility index (Phi) is 6.37. The number of anilines is 1. The summed E-state index contributed by atoms with van der Waals surface area (Å²) >= 11 is 0. The molecule has 0 aliphatic carbocycles. The predicted octanol–water partition coefficient (Wildman–Crippen LogP) is 3.39. The monoisotopic (exact) mass is 573 g/mol. The lowest BCUT2D eigenvalue weighted by Gasteiger charge is -2.38. The Morgan fingerprint density at radius 1 is 1.10 bits per heavy atom. The summed E-state index contributed by atoms with van der Waals surface area (Å²) in [6.07, 6.45) is 2.27. The third-order valence-corrected chi connectivity index (χ3v) is 8.20. The van der Waals surface area contributed by atoms with Gasteiger partial charge in [0.2, 0.25) is 11.8 Å². The van der Waals surface area contributed by atoms with Crippen LogP contribution in [0.1, 0.15) is 21.6 Å². The average Bonchev–Trinajstić information content (AvgIpc) is 3.51. The molecule has 2 aromatic carbocycles. The zero-order valence-corrected chi connectivity index (χ0v) is 23.3. The van der Waals surface area contributed by atoms with E-state index < -0.39 is 10.0 Å². The van der Waals surface area contributed by atoms with Crippen molar-refractivity contribution in [2.75, 3.05) is 17.8 Å². The molecule has 13 heteroatoms. The normalized spacial score (nSPS) is 13.8. The maximum absolute atomic E-state index is 13.0. The fourth-order valence-corrected chi connectivity index (χ4v) is 5.78. The second kappa shape index (κ2) is 9.93. The van der Waals surface area contributed by atoms with E-state index in [1.54, 1.807) is 42.3 Å². The van der Waals surface area contributed by atoms with Gasteiger partial charge in [-0.05, 0) is 49.2 Å². The van der Waals surface area contributed by atoms with Gasteiger partial charge in [-0.1, -0.05) is 18.2 Å². The number of fused-ring (bicyclic) bond motifs is 1. The fraction of sp³-hybridized carbons (Fsp3) is 0.214. The van der Waals surface area contributed by atoms with Crippen LogP contribution >= 0.6 is 0 Å². The second-order valence-corrected chi connectivity index (χ2v) is 11.7. The number of sulfonamides is 1. The highest BCUT2D eigenvalue weighted by molar-refractivity contribution is 7.92. The Bertz CT molecular complexity index is 1890. The Morgan fingerprint density at radius 2 is 1.85 bits per heavy atom. The summed E-state index contributed by atoms with van der Waals surface area (Å²) in [4.78, 5) is 26.5. The molecular weight excluding hydrogens is 546 g/mol. The average molecular weight is 574 g/mol. The number of carbonyl (C=O) groups is 1. The summed E-state index contributed by atoms with van der Waals surface area (Å²) in [6, 6.07) is 14.1. The number of carbonyl (C=O) groups excluding carboxylic acids is 1. The second-order valence-electron chi connectivity index (χ2n) is 10.0. The summed E-state index contributed by atoms with van der Waals surface area (Å²) in [5, 5.41) is 14.4. The molecule has 5 aromatic rings. The predicted molar refractivity (Wildman–Crippen MR) is 151 cm³/mol. The van der Waals surface area contributed by atoms with Crippen molar-refractivity contribution in [1.82, 2.24) is 29.6 Å². The first kappa shape index (κ1) is 26.3. The lowest BCUT2D eigenvalue weighted by molar-refractivity contribution is 0.0157. The van der Waals surface area contributed by atoms with E-state index in [1.807, 2.05) is 32.0 Å². The van der Waals surface area contributed by atoms with Gasteiger partial charge < -0.3 is 19.7 Å². The molecule has 0 bridgehead atoms. The van der Waals surface area contributed by atoms with Crippen LogP contribution in [0.3, 0.4) is 0 Å². The van der Waals surface area contributed by atoms with E-state index in [2.05, 4.69) is 24.8 Å². The summed E-state index contributed by atoms with van der Waals surface area (Å²) in [6.45, 7) is 4.54. The van der Waals surface area contributed by atoms with E-state index in [1.165, 1.54) is 17.1 Å². The first-order chi connectivity index (χ1) is 19.6. The van der Waals surface area contributed by atoms with Gasteiger partial charge in [-0.2, -0.15) is 10.1 Å². The smallest absolute Gasteiger partial charge is 0.270 e. The first-order valence-electron chi connectivity index (χ1n) is 12.8. The van der Waals surface area contributed by atoms with Gasteiger partial charge in [-0.25, -0.2) is 18.1 Å². The highest BCUT2D eigenvalue weighted by Crippen LogP contribution is 2.30. The van der Waals surface area contributed by atoms with Crippen LogP contribution in [0.15, 0.2) is 65.8 Å². The SMILES string of the molecule is Cc1cccc(C)c1-c1cc(OC2CN(C(=O)c3cc4cc(O)ccc4[nH]3)C2)nc(NS(=O)(=O)c2cnn(C)c2)n1. The molecule has 3 aromatic heterocycles. The number of benzene rings is 2. The van der Waals surface area contributed by atoms with Crippen molar-refractivity contribution < 1.29 is 23.1 Å². The number of likely N-dealkylation sites (tertiary alicyclic amines) is 1. The zero-order valence-electron chi connectivity index (χ0n) is 22.5. The van der Waals surface area contributed by atoms with Gasteiger partial charge in [-0.15, -0.1) is 0 Å². The third kappa shape index (κ3) is 5.18. The van der Waals surface area contributed by atoms with Crippen LogP contribution in [-0.2, 0) is 17.1 Å². The van der Waals surface area contributed by atoms with Crippen molar-refractivity contribution in [1.29, 1.82) is 0 Å². The number of amides is 1. The Hall–Kier alpha value is -4.91. The number of rotatable bonds is 7. The number of ether oxygens (including phenoxy) is 1. The molecule has 1 amide bonds. The molecule has 3 N–H and O–H groups in total. The van der Waals surface area contributed by atoms with Crippen LogP contribution < -0.4 is 9.46 Å². The van der Waals surface area contributed by atoms with Crippen LogP contribution in [0.4, 0.5) is 5.95 Å². The number of hydrogen-bond donors (Lipinski definition) is 3. The van der Waals surface area contributed by atoms with Crippen molar-refractivity contribution in [3.8, 4) is 22.9 Å². The number of hydrogen-bond acceptors (Lipinski definition) is 8. The van der Waals surface area contributed by atoms with Crippen molar-refractivity contribution in [2.24, 2.45) is 7.05 Å². The molecular formula is C28H27N7O5S. The van der Waals surface area contributed by atoms with Gasteiger partial charge in [0.05, 0.1) is 25.0 Å². The number of H-pyrrole nitrogens is 1. The summed E-state index contributed by atoms with van der Waals surface area (Å²) in [5.41, 5.74) is 4.43. The minimum atomic E-state index is -4.00. The van der Waals surface area contributed by atoms with E-state index in [0.717, 1.165) is 27.6 Å². The number of phenolic OH excluding ortho intramolecular Hbond substituents is 1. The van der Waals surface area contributed by atoms with Crippen LogP contribution in [-0.4, -0.2) is 68.3 Å². The molecule has 0 radical (unpaired) electrons. The first-order valence-corrected chi connectivity index (χ1v) is 14.3. The topological polar surface area (TPSA) is 155 Å². The molecule has 210 valence electrons. The molecule has 4 heterocycles. The summed E-state index contributed by atoms with van der Waals surface area (Å²) in [5.74, 6) is -0.0261. The maximum Gasteiger partial charge on any atom is 0.270 e. The maximum atomic E-state index is 13.0. The molecule has 0 spiro atoms. The molecule has 41 heavy (non-hydrogen) atoms. The number of aromatic nitrogens is 5. The fourth-order valence-electron chi connectivity index (χ4n) is 4.85. The number of aryl methyl sites for hydroxylation is 3. The molecule has 1 aliphatic heterocycles. The lowest BCUT2D eigenvalue weighted by atomic mass is 10.00. The van der Waals surface area contributed by atoms with Crippen molar-refractivity contribution in [3.05, 3.63) is 77.7 Å². The molecule has 12 nitrogen and oxygen atoms in total. The Balaban J connectivity index is 1.24. The number of nitrogens with zero attached hydrogens (tertiary/aromatic N) is 5. The van der Waals surface area contributed by atoms with Gasteiger partial charge >= 0.3 is 0 Å². The van der Waals surface area contributed by atoms with E-state index in [0.29, 0.717) is 24.5 Å². The van der Waals surface area contributed by atoms with Crippen molar-refractivity contribution >= 4 is 32.8 Å². The molecule has 1 aliphatic rings. The molecule has 0 atom stereocenters. The van der Waals surface area contributed by atoms with Crippen LogP contribution in [0.5, 0.6) is 11.6 Å². The molecule has 0 saturated carbocycles. The highest BCUT2D eigenvalue weighted by atomic mass is 32.2. The lowest BCUT2D eigenvalue weighted by Crippen LogP contribution is -2.56. The zero-order chi connectivity index (χ0) is 28.9. The van der Waals surface area contributed by atoms with Crippen molar-refractivity contribution in [2.45, 2.75) is 24.8 Å². The molecule has 1 saturated heterocycles. The molecule has 6 rings (SSSR count). The number of nitrogens with one attached hydrogen (secondary N) is 2. The van der Waals surface area contributed by atoms with Crippen molar-refractivity contribution in [3.63, 3.8) is 0 Å². The largest absolute Gasteiger partial charge is 0.508 e. The minimum Gasteiger partial charge on any atom is -0.508 e. The van der Waals surface area contributed by atoms with Crippen LogP contribution in [0.25, 0.3) is 22.2 Å². The minimum absolute atomic E-state index is 0.0242. The molecule has 0 unspecified atom stereocenters. The van der Waals surface area contributed by atoms with Crippen LogP contribution in [0, 0.1) is 13.8 Å². The molecule has 1 fully saturated rings. The van der Waals surface area contributed by atoms with Gasteiger partial charge in [0.1, 0.15) is 22.4 Å². The van der Waals surface area contributed by atoms with Crippen LogP contribution in [0.2, 0.25) is 0 Å². The Labute approximate surface area is 235 Å². The summed E-state index contributed by atoms with van der Waals surface area (Å²) in [7, 11) is -2.38. The van der Waals surface area contributed by atoms with E-state index >= 15 is 0 Å². The number of aromatic hydroxyl groups is 1. The van der Waals surface area contributed by atoms with Gasteiger partial charge in [-0.3, -0.25) is 9.48 Å². The number of phenols is 1. The van der Waals surface area contributed by atoms with E-state index in [4.69, 9.17) is 4.74 Å². The summed E-state index contributed by atoms with van der Waals surface area (Å²) < 4.78 is 35.9. The Morgan fingerprint density at radius 3 is 2.56 bits per heavy atom. The standard InChI is InChI=1S/C28H27N7O5S/c1-16-5-4-6-17(2)26(16)23-11-25(32-28(31-23)33-41(38,39)21-12-29-34(3)15-21)40-20-13-35(14-20)27(37)24-10-18-9-19(36)7-8-22(18)30-24/h4-12,15,20,30,36H,13-14H2,1-3H3,(H,31,32,33). The van der Waals surface area contributed by atoms with E-state index in [-0.39, 0.29) is 34.5 Å². The number of aromatic amines is 1. The van der Waals surface area contributed by atoms with Gasteiger partial charge in [0.25, 0.3) is 15.9 Å². The quantitative estimate of drug-likeness (QED) is 0.268. The highest BCUT2D eigenvalue weighted by Gasteiger charge is 2.34. The van der Waals surface area contributed by atoms with Gasteiger partial charge in [0, 0.05) is 35.8 Å². The van der Waals surface area contributed by atoms with Gasteiger partial charge in [0.15, 0.2) is 0 Å².